The second kappa shape index (κ2) is 6.31. The fourth-order valence-corrected chi connectivity index (χ4v) is 3.20. The largest absolute Gasteiger partial charge is 0.371 e. The van der Waals surface area contributed by atoms with Crippen LogP contribution in [0, 0.1) is 12.8 Å². The van der Waals surface area contributed by atoms with Gasteiger partial charge in [0.05, 0.1) is 0 Å². The van der Waals surface area contributed by atoms with Gasteiger partial charge in [0.2, 0.25) is 0 Å². The van der Waals surface area contributed by atoms with Crippen molar-refractivity contribution in [3.8, 4) is 0 Å². The fraction of sp³-hybridized carbons (Fsp3) is 0.471. The fourth-order valence-electron chi connectivity index (χ4n) is 3.20. The lowest BCUT2D eigenvalue weighted by Gasteiger charge is -2.22. The summed E-state index contributed by atoms with van der Waals surface area (Å²) in [5.41, 5.74) is 2.56. The molecule has 0 amide bonds. The Labute approximate surface area is 126 Å². The van der Waals surface area contributed by atoms with Crippen LogP contribution in [0.5, 0.6) is 0 Å². The van der Waals surface area contributed by atoms with Gasteiger partial charge in [0.15, 0.2) is 0 Å². The second-order valence-electron chi connectivity index (χ2n) is 6.13. The van der Waals surface area contributed by atoms with E-state index in [0.29, 0.717) is 0 Å². The van der Waals surface area contributed by atoms with Gasteiger partial charge in [-0.05, 0) is 38.4 Å². The zero-order valence-electron chi connectivity index (χ0n) is 12.9. The first kappa shape index (κ1) is 14.1. The van der Waals surface area contributed by atoms with Crippen LogP contribution in [0.15, 0.2) is 36.5 Å². The molecule has 0 unspecified atom stereocenters. The van der Waals surface area contributed by atoms with Gasteiger partial charge in [0, 0.05) is 43.8 Å². The summed E-state index contributed by atoms with van der Waals surface area (Å²) in [6, 6.07) is 10.7. The molecule has 0 bridgehead atoms. The molecule has 4 nitrogen and oxygen atoms in total. The van der Waals surface area contributed by atoms with Crippen LogP contribution in [-0.4, -0.2) is 41.5 Å². The molecule has 0 aliphatic carbocycles. The van der Waals surface area contributed by atoms with Crippen molar-refractivity contribution in [3.63, 3.8) is 0 Å². The summed E-state index contributed by atoms with van der Waals surface area (Å²) in [7, 11) is 2.20. The number of hydrogen-bond acceptors (Lipinski definition) is 3. The zero-order chi connectivity index (χ0) is 14.7. The molecule has 1 atom stereocenters. The summed E-state index contributed by atoms with van der Waals surface area (Å²) >= 11 is 0. The molecule has 0 radical (unpaired) electrons. The number of benzene rings is 1. The van der Waals surface area contributed by atoms with Crippen molar-refractivity contribution in [2.75, 3.05) is 31.6 Å². The van der Waals surface area contributed by atoms with Gasteiger partial charge in [0.1, 0.15) is 5.82 Å². The van der Waals surface area contributed by atoms with E-state index in [1.165, 1.54) is 24.3 Å². The predicted octanol–water partition coefficient (Wildman–Crippen LogP) is 2.68. The number of aromatic nitrogens is 2. The number of anilines is 1. The Morgan fingerprint density at radius 1 is 1.33 bits per heavy atom. The summed E-state index contributed by atoms with van der Waals surface area (Å²) in [5.74, 6) is 1.74. The normalized spacial score (nSPS) is 18.6. The average molecular weight is 284 g/mol. The maximum atomic E-state index is 4.26. The molecule has 1 aromatic heterocycles. The van der Waals surface area contributed by atoms with E-state index in [4.69, 9.17) is 0 Å². The number of hydrogen-bond donors (Lipinski definition) is 1. The van der Waals surface area contributed by atoms with Gasteiger partial charge in [-0.2, -0.15) is 0 Å². The SMILES string of the molecule is Cc1ncc(CN(C)C[C@H]2CCN(c3ccccc3)C2)[nH]1. The first-order valence-corrected chi connectivity index (χ1v) is 7.70. The summed E-state index contributed by atoms with van der Waals surface area (Å²) in [5, 5.41) is 0. The van der Waals surface area contributed by atoms with Gasteiger partial charge in [-0.3, -0.25) is 0 Å². The summed E-state index contributed by atoms with van der Waals surface area (Å²) in [6.45, 7) is 6.42. The van der Waals surface area contributed by atoms with Crippen LogP contribution in [0.1, 0.15) is 17.9 Å². The number of para-hydroxylation sites is 1. The van der Waals surface area contributed by atoms with Gasteiger partial charge in [-0.25, -0.2) is 4.98 Å². The minimum Gasteiger partial charge on any atom is -0.371 e. The molecule has 0 spiro atoms. The van der Waals surface area contributed by atoms with E-state index in [1.807, 2.05) is 13.1 Å². The summed E-state index contributed by atoms with van der Waals surface area (Å²) in [4.78, 5) is 12.5. The summed E-state index contributed by atoms with van der Waals surface area (Å²) in [6.07, 6.45) is 3.22. The molecule has 1 N–H and O–H groups in total. The highest BCUT2D eigenvalue weighted by molar-refractivity contribution is 5.46. The Morgan fingerprint density at radius 2 is 2.14 bits per heavy atom. The molecular formula is C17H24N4. The first-order valence-electron chi connectivity index (χ1n) is 7.70. The van der Waals surface area contributed by atoms with E-state index in [2.05, 4.69) is 57.1 Å². The van der Waals surface area contributed by atoms with Crippen molar-refractivity contribution in [1.29, 1.82) is 0 Å². The smallest absolute Gasteiger partial charge is 0.103 e. The third-order valence-corrected chi connectivity index (χ3v) is 4.17. The molecule has 0 saturated carbocycles. The molecule has 1 aromatic carbocycles. The van der Waals surface area contributed by atoms with E-state index in [1.54, 1.807) is 0 Å². The molecule has 4 heteroatoms. The first-order chi connectivity index (χ1) is 10.2. The minimum absolute atomic E-state index is 0.749. The minimum atomic E-state index is 0.749. The van der Waals surface area contributed by atoms with Crippen molar-refractivity contribution in [3.05, 3.63) is 48.0 Å². The van der Waals surface area contributed by atoms with Crippen LogP contribution >= 0.6 is 0 Å². The van der Waals surface area contributed by atoms with Crippen molar-refractivity contribution in [2.24, 2.45) is 5.92 Å². The standard InChI is InChI=1S/C17H24N4/c1-14-18-10-16(19-14)13-20(2)11-15-8-9-21(12-15)17-6-4-3-5-7-17/h3-7,10,15H,8-9,11-13H2,1-2H3,(H,18,19)/t15-/m1/s1. The van der Waals surface area contributed by atoms with Crippen LogP contribution < -0.4 is 4.90 Å². The highest BCUT2D eigenvalue weighted by atomic mass is 15.2. The van der Waals surface area contributed by atoms with E-state index in [9.17, 15) is 0 Å². The van der Waals surface area contributed by atoms with Crippen molar-refractivity contribution < 1.29 is 0 Å². The topological polar surface area (TPSA) is 35.2 Å². The van der Waals surface area contributed by atoms with E-state index in [-0.39, 0.29) is 0 Å². The van der Waals surface area contributed by atoms with E-state index in [0.717, 1.165) is 31.4 Å². The van der Waals surface area contributed by atoms with Gasteiger partial charge in [0.25, 0.3) is 0 Å². The molecule has 2 aromatic rings. The van der Waals surface area contributed by atoms with Crippen LogP contribution in [-0.2, 0) is 6.54 Å². The van der Waals surface area contributed by atoms with Crippen LogP contribution in [0.25, 0.3) is 0 Å². The van der Waals surface area contributed by atoms with Crippen LogP contribution in [0.2, 0.25) is 0 Å². The van der Waals surface area contributed by atoms with Gasteiger partial charge < -0.3 is 14.8 Å². The molecule has 112 valence electrons. The van der Waals surface area contributed by atoms with Gasteiger partial charge >= 0.3 is 0 Å². The van der Waals surface area contributed by atoms with Gasteiger partial charge in [-0.1, -0.05) is 18.2 Å². The number of nitrogens with zero attached hydrogens (tertiary/aromatic N) is 3. The van der Waals surface area contributed by atoms with Crippen LogP contribution in [0.4, 0.5) is 5.69 Å². The predicted molar refractivity (Wildman–Crippen MR) is 86.4 cm³/mol. The molecular weight excluding hydrogens is 260 g/mol. The lowest BCUT2D eigenvalue weighted by molar-refractivity contribution is 0.277. The Bertz CT molecular complexity index is 563. The Balaban J connectivity index is 1.50. The van der Waals surface area contributed by atoms with E-state index >= 15 is 0 Å². The Hall–Kier alpha value is -1.81. The molecule has 21 heavy (non-hydrogen) atoms. The second-order valence-corrected chi connectivity index (χ2v) is 6.13. The Morgan fingerprint density at radius 3 is 2.86 bits per heavy atom. The number of aryl methyl sites for hydroxylation is 1. The monoisotopic (exact) mass is 284 g/mol. The quantitative estimate of drug-likeness (QED) is 0.917. The van der Waals surface area contributed by atoms with Crippen LogP contribution in [0.3, 0.4) is 0 Å². The molecule has 1 aliphatic rings. The average Bonchev–Trinajstić information content (AvgIpc) is 3.09. The van der Waals surface area contributed by atoms with Crippen molar-refractivity contribution >= 4 is 5.69 Å². The number of aromatic amines is 1. The number of H-pyrrole nitrogens is 1. The summed E-state index contributed by atoms with van der Waals surface area (Å²) < 4.78 is 0. The molecule has 3 rings (SSSR count). The molecule has 1 aliphatic heterocycles. The molecule has 1 fully saturated rings. The van der Waals surface area contributed by atoms with E-state index < -0.39 is 0 Å². The maximum absolute atomic E-state index is 4.26. The highest BCUT2D eigenvalue weighted by Crippen LogP contribution is 2.24. The third kappa shape index (κ3) is 3.64. The third-order valence-electron chi connectivity index (χ3n) is 4.17. The number of imidazole rings is 1. The highest BCUT2D eigenvalue weighted by Gasteiger charge is 2.23. The molecule has 2 heterocycles. The van der Waals surface area contributed by atoms with Crippen molar-refractivity contribution in [2.45, 2.75) is 19.9 Å². The van der Waals surface area contributed by atoms with Crippen molar-refractivity contribution in [1.82, 2.24) is 14.9 Å². The Kier molecular flexibility index (Phi) is 4.25. The number of rotatable bonds is 5. The lowest BCUT2D eigenvalue weighted by atomic mass is 10.1. The zero-order valence-corrected chi connectivity index (χ0v) is 12.9. The lowest BCUT2D eigenvalue weighted by Crippen LogP contribution is -2.28. The maximum Gasteiger partial charge on any atom is 0.103 e. The van der Waals surface area contributed by atoms with Gasteiger partial charge in [-0.15, -0.1) is 0 Å². The molecule has 1 saturated heterocycles. The number of nitrogens with one attached hydrogen (secondary N) is 1.